The zero-order valence-corrected chi connectivity index (χ0v) is 32.7. The summed E-state index contributed by atoms with van der Waals surface area (Å²) < 4.78 is 21.4. The van der Waals surface area contributed by atoms with E-state index in [1.807, 2.05) is 30.3 Å². The summed E-state index contributed by atoms with van der Waals surface area (Å²) in [6, 6.07) is 23.1. The third-order valence-corrected chi connectivity index (χ3v) is 11.4. The molecule has 5 heterocycles. The Hall–Kier alpha value is -6.97. The summed E-state index contributed by atoms with van der Waals surface area (Å²) in [6.45, 7) is 3.33. The lowest BCUT2D eigenvalue weighted by atomic mass is 10.0. The summed E-state index contributed by atoms with van der Waals surface area (Å²) in [4.78, 5) is 81.3. The number of aromatic nitrogens is 3. The van der Waals surface area contributed by atoms with Crippen LogP contribution in [-0.4, -0.2) is 92.9 Å². The van der Waals surface area contributed by atoms with Gasteiger partial charge in [0.25, 0.3) is 11.8 Å². The molecule has 3 aliphatic heterocycles. The molecule has 0 radical (unpaired) electrons. The Morgan fingerprint density at radius 1 is 0.867 bits per heavy atom. The first-order valence-corrected chi connectivity index (χ1v) is 19.8. The Morgan fingerprint density at radius 2 is 1.67 bits per heavy atom. The number of anilines is 3. The summed E-state index contributed by atoms with van der Waals surface area (Å²) >= 11 is 6.58. The molecule has 0 bridgehead atoms. The number of nitrogens with one attached hydrogen (secondary N) is 3. The minimum Gasteiger partial charge on any atom is -0.457 e. The molecule has 3 N–H and O–H groups in total. The van der Waals surface area contributed by atoms with Crippen molar-refractivity contribution in [3.8, 4) is 11.5 Å². The molecule has 14 nitrogen and oxygen atoms in total. The number of hydrogen-bond donors (Lipinski definition) is 3. The van der Waals surface area contributed by atoms with Crippen LogP contribution in [0.5, 0.6) is 11.5 Å². The van der Waals surface area contributed by atoms with E-state index in [4.69, 9.17) is 16.3 Å². The van der Waals surface area contributed by atoms with E-state index in [-0.39, 0.29) is 46.2 Å². The molecular formula is C44H36ClFN8O6. The fraction of sp³-hybridized carbons (Fsp3) is 0.205. The molecule has 6 aromatic rings. The molecule has 0 unspecified atom stereocenters. The number of halogens is 2. The quantitative estimate of drug-likeness (QED) is 0.0993. The van der Waals surface area contributed by atoms with E-state index in [0.29, 0.717) is 84.3 Å². The lowest BCUT2D eigenvalue weighted by Gasteiger charge is -2.36. The van der Waals surface area contributed by atoms with Crippen LogP contribution in [0.1, 0.15) is 55.0 Å². The highest BCUT2D eigenvalue weighted by atomic mass is 35.5. The van der Waals surface area contributed by atoms with Gasteiger partial charge in [0.2, 0.25) is 11.8 Å². The normalized spacial score (nSPS) is 16.9. The SMILES string of the molecule is O=C1CC[C@H](N2C(=O)c3ccc(N4CCN(CCc5ccc(Nc6ncnc7[nH]cc(C(=O)c8ccc(Oc9ccccc9)cc8Cl)c67)cc5F)CC4)cc3C2=O)C(=O)N1. The lowest BCUT2D eigenvalue weighted by molar-refractivity contribution is -0.136. The van der Waals surface area contributed by atoms with Crippen molar-refractivity contribution in [1.29, 1.82) is 0 Å². The number of para-hydroxylation sites is 1. The summed E-state index contributed by atoms with van der Waals surface area (Å²) in [5.41, 5.74) is 3.24. The molecule has 0 spiro atoms. The molecule has 302 valence electrons. The number of nitrogens with zero attached hydrogens (tertiary/aromatic N) is 5. The average Bonchev–Trinajstić information content (AvgIpc) is 3.79. The Kier molecular flexibility index (Phi) is 10.3. The number of piperidine rings is 1. The van der Waals surface area contributed by atoms with Gasteiger partial charge in [-0.2, -0.15) is 0 Å². The molecule has 2 saturated heterocycles. The second-order valence-electron chi connectivity index (χ2n) is 14.7. The van der Waals surface area contributed by atoms with E-state index in [9.17, 15) is 24.0 Å². The van der Waals surface area contributed by atoms with Crippen molar-refractivity contribution in [2.75, 3.05) is 42.9 Å². The van der Waals surface area contributed by atoms with Crippen molar-refractivity contribution in [1.82, 2.24) is 30.1 Å². The van der Waals surface area contributed by atoms with E-state index in [1.165, 1.54) is 12.4 Å². The highest BCUT2D eigenvalue weighted by molar-refractivity contribution is 6.36. The van der Waals surface area contributed by atoms with Gasteiger partial charge in [0.15, 0.2) is 5.78 Å². The number of ketones is 1. The lowest BCUT2D eigenvalue weighted by Crippen LogP contribution is -2.54. The van der Waals surface area contributed by atoms with Crippen molar-refractivity contribution >= 4 is 69.2 Å². The van der Waals surface area contributed by atoms with E-state index in [2.05, 4.69) is 35.4 Å². The number of ether oxygens (including phenoxy) is 1. The number of aromatic amines is 1. The fourth-order valence-electron chi connectivity index (χ4n) is 7.88. The van der Waals surface area contributed by atoms with Crippen LogP contribution in [0.2, 0.25) is 5.02 Å². The van der Waals surface area contributed by atoms with Crippen molar-refractivity contribution in [2.24, 2.45) is 0 Å². The number of H-pyrrole nitrogens is 1. The van der Waals surface area contributed by atoms with Gasteiger partial charge in [-0.05, 0) is 73.0 Å². The van der Waals surface area contributed by atoms with Crippen LogP contribution in [0.3, 0.4) is 0 Å². The van der Waals surface area contributed by atoms with Gasteiger partial charge < -0.3 is 19.9 Å². The molecule has 3 aliphatic rings. The van der Waals surface area contributed by atoms with Crippen LogP contribution in [0.4, 0.5) is 21.6 Å². The maximum Gasteiger partial charge on any atom is 0.262 e. The summed E-state index contributed by atoms with van der Waals surface area (Å²) in [6.07, 6.45) is 3.53. The highest BCUT2D eigenvalue weighted by Gasteiger charge is 2.44. The molecule has 60 heavy (non-hydrogen) atoms. The Bertz CT molecular complexity index is 2720. The summed E-state index contributed by atoms with van der Waals surface area (Å²) in [5.74, 6) is -1.45. The van der Waals surface area contributed by atoms with Crippen LogP contribution in [0.15, 0.2) is 97.5 Å². The first kappa shape index (κ1) is 38.5. The third kappa shape index (κ3) is 7.44. The van der Waals surface area contributed by atoms with E-state index >= 15 is 4.39 Å². The molecule has 2 aromatic heterocycles. The number of carbonyl (C=O) groups excluding carboxylic acids is 5. The van der Waals surface area contributed by atoms with Gasteiger partial charge >= 0.3 is 0 Å². The van der Waals surface area contributed by atoms with Crippen LogP contribution in [-0.2, 0) is 16.0 Å². The second kappa shape index (κ2) is 16.0. The number of benzene rings is 4. The van der Waals surface area contributed by atoms with Crippen LogP contribution < -0.4 is 20.3 Å². The number of hydrogen-bond acceptors (Lipinski definition) is 11. The Labute approximate surface area is 347 Å². The Morgan fingerprint density at radius 3 is 2.43 bits per heavy atom. The zero-order chi connectivity index (χ0) is 41.5. The monoisotopic (exact) mass is 826 g/mol. The average molecular weight is 827 g/mol. The maximum absolute atomic E-state index is 15.6. The van der Waals surface area contributed by atoms with E-state index in [0.717, 1.165) is 10.6 Å². The van der Waals surface area contributed by atoms with E-state index < -0.39 is 29.7 Å². The molecular weight excluding hydrogens is 791 g/mol. The summed E-state index contributed by atoms with van der Waals surface area (Å²) in [5, 5.41) is 6.02. The Balaban J connectivity index is 0.815. The molecule has 2 fully saturated rings. The van der Waals surface area contributed by atoms with Gasteiger partial charge in [0, 0.05) is 68.3 Å². The van der Waals surface area contributed by atoms with Crippen molar-refractivity contribution in [2.45, 2.75) is 25.3 Å². The van der Waals surface area contributed by atoms with Gasteiger partial charge in [-0.15, -0.1) is 0 Å². The molecule has 0 saturated carbocycles. The van der Waals surface area contributed by atoms with Crippen LogP contribution in [0, 0.1) is 5.82 Å². The number of carbonyl (C=O) groups is 5. The predicted octanol–water partition coefficient (Wildman–Crippen LogP) is 6.28. The van der Waals surface area contributed by atoms with Gasteiger partial charge in [0.05, 0.1) is 27.1 Å². The second-order valence-corrected chi connectivity index (χ2v) is 15.1. The van der Waals surface area contributed by atoms with Crippen LogP contribution >= 0.6 is 11.6 Å². The van der Waals surface area contributed by atoms with Gasteiger partial charge in [-0.1, -0.05) is 35.9 Å². The zero-order valence-electron chi connectivity index (χ0n) is 31.9. The fourth-order valence-corrected chi connectivity index (χ4v) is 8.13. The first-order valence-electron chi connectivity index (χ1n) is 19.4. The number of rotatable bonds is 11. The third-order valence-electron chi connectivity index (χ3n) is 11.1. The molecule has 9 rings (SSSR count). The number of imide groups is 2. The topological polar surface area (TPSA) is 170 Å². The number of fused-ring (bicyclic) bond motifs is 2. The smallest absolute Gasteiger partial charge is 0.262 e. The van der Waals surface area contributed by atoms with E-state index in [1.54, 1.807) is 54.7 Å². The first-order chi connectivity index (χ1) is 29.1. The molecule has 0 aliphatic carbocycles. The highest BCUT2D eigenvalue weighted by Crippen LogP contribution is 2.34. The van der Waals surface area contributed by atoms with Crippen molar-refractivity contribution in [3.63, 3.8) is 0 Å². The van der Waals surface area contributed by atoms with Gasteiger partial charge in [-0.3, -0.25) is 39.1 Å². The van der Waals surface area contributed by atoms with Crippen LogP contribution in [0.25, 0.3) is 11.0 Å². The largest absolute Gasteiger partial charge is 0.457 e. The van der Waals surface area contributed by atoms with Gasteiger partial charge in [-0.25, -0.2) is 14.4 Å². The maximum atomic E-state index is 15.6. The minimum absolute atomic E-state index is 0.0580. The minimum atomic E-state index is -1.02. The van der Waals surface area contributed by atoms with Crippen molar-refractivity contribution < 1.29 is 33.1 Å². The molecule has 1 atom stereocenters. The van der Waals surface area contributed by atoms with Crippen molar-refractivity contribution in [3.05, 3.63) is 136 Å². The molecule has 4 aromatic carbocycles. The predicted molar refractivity (Wildman–Crippen MR) is 220 cm³/mol. The molecule has 16 heteroatoms. The molecule has 4 amide bonds. The number of piperazine rings is 1. The standard InChI is InChI=1S/C44H36ClFN8O6/c45-34-22-29(60-28-4-2-1-3-5-28)9-11-31(34)39(56)33-23-47-40-38(33)41(49-24-48-40)50-26-7-6-25(35(46)20-26)14-15-52-16-18-53(19-17-52)27-8-10-30-32(21-27)44(59)54(43(30)58)36-12-13-37(55)51-42(36)57/h1-11,20-24,36H,12-19H2,(H,51,55,57)(H2,47,48,49,50)/t36-/m0/s1. The number of amides is 4. The summed E-state index contributed by atoms with van der Waals surface area (Å²) in [7, 11) is 0. The van der Waals surface area contributed by atoms with Gasteiger partial charge in [0.1, 0.15) is 41.2 Å².